The number of hydrogen-bond acceptors (Lipinski definition) is 4. The SMILES string of the molecule is O=C(CCc1[nH]nc2ccnc(NC3CCCCC3)c12)N1CCC(C(F)(F)F)CC1. The number of fused-ring (bicyclic) bond motifs is 1. The molecule has 0 spiro atoms. The van der Waals surface area contributed by atoms with Gasteiger partial charge in [0.1, 0.15) is 5.82 Å². The molecule has 2 aromatic heterocycles. The maximum Gasteiger partial charge on any atom is 0.391 e. The Kier molecular flexibility index (Phi) is 6.15. The third-order valence-electron chi connectivity index (χ3n) is 6.39. The first kappa shape index (κ1) is 20.9. The molecule has 3 heterocycles. The number of likely N-dealkylation sites (tertiary alicyclic amines) is 1. The van der Waals surface area contributed by atoms with E-state index < -0.39 is 12.1 Å². The highest BCUT2D eigenvalue weighted by atomic mass is 19.4. The number of hydrogen-bond donors (Lipinski definition) is 2. The van der Waals surface area contributed by atoms with Gasteiger partial charge in [-0.2, -0.15) is 18.3 Å². The molecule has 9 heteroatoms. The summed E-state index contributed by atoms with van der Waals surface area (Å²) in [4.78, 5) is 18.6. The van der Waals surface area contributed by atoms with E-state index in [1.54, 1.807) is 11.1 Å². The lowest BCUT2D eigenvalue weighted by Crippen LogP contribution is -2.42. The van der Waals surface area contributed by atoms with Crippen molar-refractivity contribution in [1.82, 2.24) is 20.1 Å². The number of pyridine rings is 1. The van der Waals surface area contributed by atoms with Crippen LogP contribution in [0.3, 0.4) is 0 Å². The van der Waals surface area contributed by atoms with E-state index in [2.05, 4.69) is 20.5 Å². The average Bonchev–Trinajstić information content (AvgIpc) is 3.16. The molecule has 0 radical (unpaired) electrons. The molecule has 4 rings (SSSR count). The summed E-state index contributed by atoms with van der Waals surface area (Å²) in [7, 11) is 0. The zero-order valence-corrected chi connectivity index (χ0v) is 17.0. The van der Waals surface area contributed by atoms with E-state index in [1.165, 1.54) is 19.3 Å². The summed E-state index contributed by atoms with van der Waals surface area (Å²) in [5.41, 5.74) is 1.65. The minimum Gasteiger partial charge on any atom is -0.367 e. The van der Waals surface area contributed by atoms with Gasteiger partial charge >= 0.3 is 6.18 Å². The maximum absolute atomic E-state index is 12.8. The molecule has 0 atom stereocenters. The summed E-state index contributed by atoms with van der Waals surface area (Å²) in [6.07, 6.45) is 4.18. The Labute approximate surface area is 173 Å². The van der Waals surface area contributed by atoms with Crippen molar-refractivity contribution in [3.8, 4) is 0 Å². The van der Waals surface area contributed by atoms with E-state index in [0.29, 0.717) is 12.5 Å². The molecular weight excluding hydrogens is 395 g/mol. The van der Waals surface area contributed by atoms with Gasteiger partial charge in [-0.05, 0) is 38.2 Å². The van der Waals surface area contributed by atoms with Gasteiger partial charge in [0.25, 0.3) is 0 Å². The Balaban J connectivity index is 1.39. The van der Waals surface area contributed by atoms with Gasteiger partial charge in [0.2, 0.25) is 5.91 Å². The Morgan fingerprint density at radius 1 is 1.17 bits per heavy atom. The standard InChI is InChI=1S/C21H28F3N5O/c22-21(23,24)14-9-12-29(13-10-14)18(30)7-6-16-19-17(28-27-16)8-11-25-20(19)26-15-4-2-1-3-5-15/h8,11,14-15H,1-7,9-10,12-13H2,(H,25,26)(H,27,28). The van der Waals surface area contributed by atoms with Crippen LogP contribution in [-0.4, -0.2) is 51.3 Å². The minimum absolute atomic E-state index is 0.0123. The van der Waals surface area contributed by atoms with Crippen molar-refractivity contribution in [3.63, 3.8) is 0 Å². The van der Waals surface area contributed by atoms with Crippen molar-refractivity contribution in [2.75, 3.05) is 18.4 Å². The second kappa shape index (κ2) is 8.81. The lowest BCUT2D eigenvalue weighted by Gasteiger charge is -2.33. The molecular formula is C21H28F3N5O. The minimum atomic E-state index is -4.17. The zero-order valence-electron chi connectivity index (χ0n) is 17.0. The highest BCUT2D eigenvalue weighted by Gasteiger charge is 2.41. The van der Waals surface area contributed by atoms with Crippen molar-refractivity contribution >= 4 is 22.6 Å². The third-order valence-corrected chi connectivity index (χ3v) is 6.39. The fourth-order valence-electron chi connectivity index (χ4n) is 4.60. The number of aromatic amines is 1. The molecule has 6 nitrogen and oxygen atoms in total. The lowest BCUT2D eigenvalue weighted by molar-refractivity contribution is -0.186. The Hall–Kier alpha value is -2.32. The number of nitrogens with zero attached hydrogens (tertiary/aromatic N) is 3. The summed E-state index contributed by atoms with van der Waals surface area (Å²) in [5.74, 6) is -0.608. The number of halogens is 3. The van der Waals surface area contributed by atoms with E-state index in [1.807, 2.05) is 6.07 Å². The van der Waals surface area contributed by atoms with E-state index >= 15 is 0 Å². The van der Waals surface area contributed by atoms with Crippen molar-refractivity contribution in [1.29, 1.82) is 0 Å². The molecule has 1 aliphatic carbocycles. The number of carbonyl (C=O) groups excluding carboxylic acids is 1. The van der Waals surface area contributed by atoms with Crippen LogP contribution in [0.2, 0.25) is 0 Å². The van der Waals surface area contributed by atoms with E-state index in [9.17, 15) is 18.0 Å². The predicted octanol–water partition coefficient (Wildman–Crippen LogP) is 4.44. The molecule has 2 N–H and O–H groups in total. The second-order valence-corrected chi connectivity index (χ2v) is 8.43. The number of carbonyl (C=O) groups is 1. The van der Waals surface area contributed by atoms with Gasteiger partial charge in [-0.25, -0.2) is 4.98 Å². The molecule has 0 unspecified atom stereocenters. The van der Waals surface area contributed by atoms with E-state index in [0.717, 1.165) is 35.3 Å². The second-order valence-electron chi connectivity index (χ2n) is 8.43. The van der Waals surface area contributed by atoms with Gasteiger partial charge < -0.3 is 10.2 Å². The number of H-pyrrole nitrogens is 1. The molecule has 2 aliphatic rings. The molecule has 0 bridgehead atoms. The lowest BCUT2D eigenvalue weighted by atomic mass is 9.95. The highest BCUT2D eigenvalue weighted by Crippen LogP contribution is 2.34. The van der Waals surface area contributed by atoms with Crippen LogP contribution in [0.5, 0.6) is 0 Å². The third kappa shape index (κ3) is 4.70. The van der Waals surface area contributed by atoms with Gasteiger partial charge in [0.05, 0.1) is 16.8 Å². The fraction of sp³-hybridized carbons (Fsp3) is 0.667. The quantitative estimate of drug-likeness (QED) is 0.746. The van der Waals surface area contributed by atoms with Crippen LogP contribution in [0.25, 0.3) is 10.9 Å². The van der Waals surface area contributed by atoms with Crippen LogP contribution in [-0.2, 0) is 11.2 Å². The normalized spacial score (nSPS) is 19.4. The summed E-state index contributed by atoms with van der Waals surface area (Å²) in [6, 6.07) is 2.24. The van der Waals surface area contributed by atoms with Crippen LogP contribution in [0.4, 0.5) is 19.0 Å². The topological polar surface area (TPSA) is 73.9 Å². The van der Waals surface area contributed by atoms with Gasteiger partial charge in [0.15, 0.2) is 0 Å². The molecule has 1 saturated carbocycles. The molecule has 0 aromatic carbocycles. The molecule has 2 fully saturated rings. The van der Waals surface area contributed by atoms with Crippen LogP contribution >= 0.6 is 0 Å². The fourth-order valence-corrected chi connectivity index (χ4v) is 4.60. The van der Waals surface area contributed by atoms with Gasteiger partial charge in [-0.1, -0.05) is 19.3 Å². The number of aromatic nitrogens is 3. The first-order valence-electron chi connectivity index (χ1n) is 10.8. The number of amides is 1. The first-order chi connectivity index (χ1) is 14.4. The van der Waals surface area contributed by atoms with Crippen LogP contribution in [0.1, 0.15) is 57.1 Å². The number of aryl methyl sites for hydroxylation is 1. The first-order valence-corrected chi connectivity index (χ1v) is 10.8. The number of nitrogens with one attached hydrogen (secondary N) is 2. The Morgan fingerprint density at radius 2 is 1.90 bits per heavy atom. The van der Waals surface area contributed by atoms with Crippen LogP contribution < -0.4 is 5.32 Å². The van der Waals surface area contributed by atoms with Crippen molar-refractivity contribution in [2.24, 2.45) is 5.92 Å². The highest BCUT2D eigenvalue weighted by molar-refractivity contribution is 5.92. The van der Waals surface area contributed by atoms with Gasteiger partial charge in [-0.3, -0.25) is 9.89 Å². The molecule has 1 saturated heterocycles. The summed E-state index contributed by atoms with van der Waals surface area (Å²) in [5, 5.41) is 11.8. The van der Waals surface area contributed by atoms with E-state index in [-0.39, 0.29) is 38.3 Å². The summed E-state index contributed by atoms with van der Waals surface area (Å²) >= 11 is 0. The predicted molar refractivity (Wildman–Crippen MR) is 108 cm³/mol. The largest absolute Gasteiger partial charge is 0.391 e. The average molecular weight is 423 g/mol. The van der Waals surface area contributed by atoms with Gasteiger partial charge in [-0.15, -0.1) is 0 Å². The molecule has 1 amide bonds. The number of rotatable bonds is 5. The zero-order chi connectivity index (χ0) is 21.1. The molecule has 2 aromatic rings. The van der Waals surface area contributed by atoms with Crippen molar-refractivity contribution in [2.45, 2.75) is 70.0 Å². The smallest absolute Gasteiger partial charge is 0.367 e. The molecule has 164 valence electrons. The van der Waals surface area contributed by atoms with E-state index in [4.69, 9.17) is 0 Å². The number of alkyl halides is 3. The van der Waals surface area contributed by atoms with Crippen LogP contribution in [0.15, 0.2) is 12.3 Å². The number of piperidine rings is 1. The van der Waals surface area contributed by atoms with Crippen LogP contribution in [0, 0.1) is 5.92 Å². The number of anilines is 1. The molecule has 30 heavy (non-hydrogen) atoms. The maximum atomic E-state index is 12.8. The Morgan fingerprint density at radius 3 is 2.60 bits per heavy atom. The van der Waals surface area contributed by atoms with Crippen molar-refractivity contribution < 1.29 is 18.0 Å². The Bertz CT molecular complexity index is 867. The summed E-state index contributed by atoms with van der Waals surface area (Å²) < 4.78 is 38.5. The monoisotopic (exact) mass is 423 g/mol. The summed E-state index contributed by atoms with van der Waals surface area (Å²) in [6.45, 7) is 0.339. The van der Waals surface area contributed by atoms with Gasteiger partial charge in [0, 0.05) is 37.4 Å². The molecule has 1 aliphatic heterocycles. The van der Waals surface area contributed by atoms with Crippen molar-refractivity contribution in [3.05, 3.63) is 18.0 Å².